The van der Waals surface area contributed by atoms with Crippen molar-refractivity contribution < 1.29 is 0 Å². The molecular formula is C25H32N2. The van der Waals surface area contributed by atoms with Gasteiger partial charge >= 0.3 is 0 Å². The standard InChI is InChI=1S/C25H32N2/c1-18-24-14-21-10-11-22(26-16-19-6-4-3-5-7-19)15-23(21)25(18,2)12-13-27(24)17-20-8-9-20/h3-7,10-11,15,18,20,24,26H,8-9,12-14,16-17H2,1-2H3/t18?,24-,25-/m1/s1. The van der Waals surface area contributed by atoms with Crippen LogP contribution in [0.1, 0.15) is 49.8 Å². The van der Waals surface area contributed by atoms with E-state index in [1.54, 1.807) is 11.1 Å². The molecule has 1 N–H and O–H groups in total. The highest BCUT2D eigenvalue weighted by atomic mass is 15.2. The fourth-order valence-electron chi connectivity index (χ4n) is 5.48. The van der Waals surface area contributed by atoms with E-state index in [0.717, 1.165) is 24.4 Å². The number of rotatable bonds is 5. The van der Waals surface area contributed by atoms with Crippen LogP contribution in [0.2, 0.25) is 0 Å². The molecule has 2 fully saturated rings. The molecule has 1 saturated heterocycles. The van der Waals surface area contributed by atoms with Crippen molar-refractivity contribution >= 4 is 5.69 Å². The fraction of sp³-hybridized carbons (Fsp3) is 0.520. The Kier molecular flexibility index (Phi) is 4.27. The number of hydrogen-bond acceptors (Lipinski definition) is 2. The molecule has 1 saturated carbocycles. The molecule has 1 heterocycles. The van der Waals surface area contributed by atoms with Gasteiger partial charge in [-0.25, -0.2) is 0 Å². The highest BCUT2D eigenvalue weighted by Gasteiger charge is 2.48. The molecule has 1 unspecified atom stereocenters. The predicted octanol–water partition coefficient (Wildman–Crippen LogP) is 5.23. The van der Waals surface area contributed by atoms with Gasteiger partial charge in [0.25, 0.3) is 0 Å². The van der Waals surface area contributed by atoms with Crippen molar-refractivity contribution in [2.75, 3.05) is 18.4 Å². The molecule has 2 bridgehead atoms. The minimum atomic E-state index is 0.322. The number of benzene rings is 2. The summed E-state index contributed by atoms with van der Waals surface area (Å²) in [7, 11) is 0. The first-order valence-electron chi connectivity index (χ1n) is 10.8. The topological polar surface area (TPSA) is 15.3 Å². The van der Waals surface area contributed by atoms with Crippen molar-refractivity contribution in [1.29, 1.82) is 0 Å². The molecular weight excluding hydrogens is 328 g/mol. The second-order valence-electron chi connectivity index (χ2n) is 9.38. The molecule has 3 atom stereocenters. The van der Waals surface area contributed by atoms with Gasteiger partial charge in [0, 0.05) is 24.8 Å². The zero-order valence-corrected chi connectivity index (χ0v) is 16.7. The third-order valence-corrected chi connectivity index (χ3v) is 7.65. The molecule has 0 amide bonds. The predicted molar refractivity (Wildman–Crippen MR) is 113 cm³/mol. The molecule has 1 aliphatic heterocycles. The summed E-state index contributed by atoms with van der Waals surface area (Å²) in [5, 5.41) is 3.65. The molecule has 3 aliphatic rings. The molecule has 2 nitrogen and oxygen atoms in total. The normalized spacial score (nSPS) is 30.0. The zero-order chi connectivity index (χ0) is 18.4. The second-order valence-corrected chi connectivity index (χ2v) is 9.38. The first-order chi connectivity index (χ1) is 13.1. The van der Waals surface area contributed by atoms with Crippen molar-refractivity contribution in [3.8, 4) is 0 Å². The number of piperidine rings is 1. The van der Waals surface area contributed by atoms with Crippen LogP contribution in [-0.2, 0) is 18.4 Å². The monoisotopic (exact) mass is 360 g/mol. The van der Waals surface area contributed by atoms with Gasteiger partial charge in [-0.05, 0) is 78.3 Å². The van der Waals surface area contributed by atoms with Crippen LogP contribution >= 0.6 is 0 Å². The number of nitrogens with one attached hydrogen (secondary N) is 1. The van der Waals surface area contributed by atoms with E-state index >= 15 is 0 Å². The van der Waals surface area contributed by atoms with Gasteiger partial charge in [-0.15, -0.1) is 0 Å². The lowest BCUT2D eigenvalue weighted by atomic mass is 9.59. The van der Waals surface area contributed by atoms with E-state index in [9.17, 15) is 0 Å². The molecule has 27 heavy (non-hydrogen) atoms. The van der Waals surface area contributed by atoms with Crippen molar-refractivity contribution in [2.45, 2.75) is 57.5 Å². The molecule has 2 heteroatoms. The molecule has 2 aromatic rings. The minimum absolute atomic E-state index is 0.322. The second kappa shape index (κ2) is 6.67. The largest absolute Gasteiger partial charge is 0.381 e. The van der Waals surface area contributed by atoms with Crippen LogP contribution in [0.15, 0.2) is 48.5 Å². The Morgan fingerprint density at radius 3 is 2.70 bits per heavy atom. The first kappa shape index (κ1) is 17.3. The van der Waals surface area contributed by atoms with E-state index in [2.05, 4.69) is 72.6 Å². The molecule has 2 aromatic carbocycles. The van der Waals surface area contributed by atoms with E-state index in [1.165, 1.54) is 50.0 Å². The van der Waals surface area contributed by atoms with E-state index < -0.39 is 0 Å². The van der Waals surface area contributed by atoms with Gasteiger partial charge in [-0.1, -0.05) is 50.2 Å². The van der Waals surface area contributed by atoms with Crippen LogP contribution in [-0.4, -0.2) is 24.0 Å². The van der Waals surface area contributed by atoms with Crippen LogP contribution in [0.5, 0.6) is 0 Å². The lowest BCUT2D eigenvalue weighted by molar-refractivity contribution is 0.0284. The highest BCUT2D eigenvalue weighted by molar-refractivity contribution is 5.53. The SMILES string of the molecule is CC1[C@H]2Cc3ccc(NCc4ccccc4)cc3[C@]1(C)CCN2CC1CC1. The van der Waals surface area contributed by atoms with Crippen LogP contribution in [0.3, 0.4) is 0 Å². The summed E-state index contributed by atoms with van der Waals surface area (Å²) in [4.78, 5) is 2.83. The number of likely N-dealkylation sites (tertiary alicyclic amines) is 1. The average Bonchev–Trinajstić information content (AvgIpc) is 3.50. The molecule has 0 spiro atoms. The summed E-state index contributed by atoms with van der Waals surface area (Å²) in [6, 6.07) is 18.6. The zero-order valence-electron chi connectivity index (χ0n) is 16.7. The Balaban J connectivity index is 1.38. The number of anilines is 1. The average molecular weight is 361 g/mol. The van der Waals surface area contributed by atoms with E-state index in [1.807, 2.05) is 0 Å². The molecule has 0 aromatic heterocycles. The summed E-state index contributed by atoms with van der Waals surface area (Å²) in [6.45, 7) is 8.55. The quantitative estimate of drug-likeness (QED) is 0.785. The van der Waals surface area contributed by atoms with Gasteiger partial charge in [-0.2, -0.15) is 0 Å². The van der Waals surface area contributed by atoms with Gasteiger partial charge < -0.3 is 5.32 Å². The fourth-order valence-corrected chi connectivity index (χ4v) is 5.48. The van der Waals surface area contributed by atoms with Crippen molar-refractivity contribution in [1.82, 2.24) is 4.90 Å². The number of hydrogen-bond donors (Lipinski definition) is 1. The van der Waals surface area contributed by atoms with E-state index in [0.29, 0.717) is 5.41 Å². The van der Waals surface area contributed by atoms with Gasteiger partial charge in [0.1, 0.15) is 0 Å². The number of nitrogens with zero attached hydrogens (tertiary/aromatic N) is 1. The lowest BCUT2D eigenvalue weighted by Gasteiger charge is -2.55. The third-order valence-electron chi connectivity index (χ3n) is 7.65. The van der Waals surface area contributed by atoms with Gasteiger partial charge in [-0.3, -0.25) is 4.90 Å². The van der Waals surface area contributed by atoms with Crippen molar-refractivity contribution in [2.24, 2.45) is 11.8 Å². The summed E-state index contributed by atoms with van der Waals surface area (Å²) in [6.07, 6.45) is 5.45. The maximum atomic E-state index is 3.65. The van der Waals surface area contributed by atoms with E-state index in [-0.39, 0.29) is 0 Å². The Bertz CT molecular complexity index is 810. The van der Waals surface area contributed by atoms with Crippen molar-refractivity contribution in [3.05, 3.63) is 65.2 Å². The summed E-state index contributed by atoms with van der Waals surface area (Å²) in [5.41, 5.74) is 6.12. The summed E-state index contributed by atoms with van der Waals surface area (Å²) >= 11 is 0. The van der Waals surface area contributed by atoms with Gasteiger partial charge in [0.05, 0.1) is 0 Å². The van der Waals surface area contributed by atoms with Crippen LogP contribution < -0.4 is 5.32 Å². The maximum Gasteiger partial charge on any atom is 0.0400 e. The van der Waals surface area contributed by atoms with Crippen LogP contribution in [0, 0.1) is 11.8 Å². The Labute approximate surface area is 164 Å². The van der Waals surface area contributed by atoms with Gasteiger partial charge in [0.2, 0.25) is 0 Å². The van der Waals surface area contributed by atoms with Gasteiger partial charge in [0.15, 0.2) is 0 Å². The van der Waals surface area contributed by atoms with Crippen LogP contribution in [0.25, 0.3) is 0 Å². The number of fused-ring (bicyclic) bond motifs is 4. The summed E-state index contributed by atoms with van der Waals surface area (Å²) < 4.78 is 0. The molecule has 5 rings (SSSR count). The molecule has 142 valence electrons. The molecule has 2 aliphatic carbocycles. The minimum Gasteiger partial charge on any atom is -0.381 e. The maximum absolute atomic E-state index is 3.65. The van der Waals surface area contributed by atoms with Crippen molar-refractivity contribution in [3.63, 3.8) is 0 Å². The third kappa shape index (κ3) is 3.18. The smallest absolute Gasteiger partial charge is 0.0400 e. The highest BCUT2D eigenvalue weighted by Crippen LogP contribution is 2.49. The van der Waals surface area contributed by atoms with Crippen LogP contribution in [0.4, 0.5) is 5.69 Å². The Morgan fingerprint density at radius 2 is 1.93 bits per heavy atom. The first-order valence-corrected chi connectivity index (χ1v) is 10.8. The summed E-state index contributed by atoms with van der Waals surface area (Å²) in [5.74, 6) is 1.73. The Hall–Kier alpha value is -1.80. The molecule has 0 radical (unpaired) electrons. The lowest BCUT2D eigenvalue weighted by Crippen LogP contribution is -2.58. The Morgan fingerprint density at radius 1 is 1.11 bits per heavy atom. The van der Waals surface area contributed by atoms with E-state index in [4.69, 9.17) is 0 Å².